The van der Waals surface area contributed by atoms with Crippen LogP contribution < -0.4 is 20.7 Å². The molecule has 0 spiro atoms. The number of hydroxylamine groups is 2. The lowest BCUT2D eigenvalue weighted by atomic mass is 9.90. The summed E-state index contributed by atoms with van der Waals surface area (Å²) in [5.41, 5.74) is 0.696. The summed E-state index contributed by atoms with van der Waals surface area (Å²) in [6.45, 7) is 6.71. The first-order chi connectivity index (χ1) is 26.2. The smallest absolute Gasteiger partial charge is 0.363 e. The van der Waals surface area contributed by atoms with Crippen molar-refractivity contribution in [3.8, 4) is 17.1 Å². The summed E-state index contributed by atoms with van der Waals surface area (Å²) in [5, 5.41) is 26.4. The van der Waals surface area contributed by atoms with Gasteiger partial charge in [0.15, 0.2) is 5.76 Å². The van der Waals surface area contributed by atoms with E-state index >= 15 is 0 Å². The van der Waals surface area contributed by atoms with E-state index in [1.165, 1.54) is 43.3 Å². The number of hydrogen-bond acceptors (Lipinski definition) is 10. The van der Waals surface area contributed by atoms with E-state index in [0.29, 0.717) is 30.4 Å². The number of aliphatic carboxylic acids is 2. The highest BCUT2D eigenvalue weighted by molar-refractivity contribution is 6.00. The van der Waals surface area contributed by atoms with Gasteiger partial charge in [-0.1, -0.05) is 39.2 Å². The third kappa shape index (κ3) is 12.1. The van der Waals surface area contributed by atoms with Crippen LogP contribution in [0.2, 0.25) is 0 Å². The molecule has 2 aromatic carbocycles. The summed E-state index contributed by atoms with van der Waals surface area (Å²) >= 11 is 0. The minimum absolute atomic E-state index is 0.0504. The number of nitrogens with one attached hydrogen (secondary N) is 3. The predicted molar refractivity (Wildman–Crippen MR) is 193 cm³/mol. The quantitative estimate of drug-likeness (QED) is 0.0413. The fourth-order valence-electron chi connectivity index (χ4n) is 5.72. The number of unbranched alkanes of at least 4 members (excludes halogenated alkanes) is 2. The van der Waals surface area contributed by atoms with E-state index in [4.69, 9.17) is 19.1 Å². The number of aryl methyl sites for hydroxylation is 1. The Morgan fingerprint density at radius 1 is 0.927 bits per heavy atom. The fourth-order valence-corrected chi connectivity index (χ4v) is 5.72. The highest BCUT2D eigenvalue weighted by Gasteiger charge is 2.34. The number of furan rings is 1. The van der Waals surface area contributed by atoms with Gasteiger partial charge in [-0.3, -0.25) is 24.0 Å². The lowest BCUT2D eigenvalue weighted by molar-refractivity contribution is -0.171. The van der Waals surface area contributed by atoms with E-state index in [2.05, 4.69) is 16.0 Å². The zero-order valence-corrected chi connectivity index (χ0v) is 30.9. The van der Waals surface area contributed by atoms with Gasteiger partial charge in [0.05, 0.1) is 42.8 Å². The molecule has 0 saturated carbocycles. The minimum atomic E-state index is -1.68. The Morgan fingerprint density at radius 3 is 2.27 bits per heavy atom. The van der Waals surface area contributed by atoms with Gasteiger partial charge in [0.25, 0.3) is 11.8 Å². The molecule has 0 aliphatic heterocycles. The van der Waals surface area contributed by atoms with Gasteiger partial charge in [0.1, 0.15) is 23.4 Å². The number of hydrogen-bond donors (Lipinski definition) is 5. The molecule has 1 aromatic heterocycles. The fraction of sp³-hybridized carbons (Fsp3) is 0.395. The number of carboxylic acids is 2. The van der Waals surface area contributed by atoms with Crippen molar-refractivity contribution in [3.63, 3.8) is 0 Å². The van der Waals surface area contributed by atoms with E-state index in [-0.39, 0.29) is 48.1 Å². The zero-order valence-electron chi connectivity index (χ0n) is 30.9. The topological polar surface area (TPSA) is 231 Å². The van der Waals surface area contributed by atoms with Crippen LogP contribution in [0.25, 0.3) is 11.3 Å². The minimum Gasteiger partial charge on any atom is -0.493 e. The number of rotatable bonds is 22. The van der Waals surface area contributed by atoms with Crippen LogP contribution in [0.4, 0.5) is 4.39 Å². The molecular weight excluding hydrogens is 723 g/mol. The Hall–Kier alpha value is -6.26. The van der Waals surface area contributed by atoms with Crippen molar-refractivity contribution in [1.82, 2.24) is 21.0 Å². The second-order valence-electron chi connectivity index (χ2n) is 12.4. The molecule has 296 valence electrons. The molecule has 0 unspecified atom stereocenters. The number of nitrogens with zero attached hydrogens (tertiary/aromatic N) is 1. The SMILES string of the molecule is CCCCC[C@@H](C(=O)NCNC(=O)c1ccc(-c2ccc(C(=O)N[C@@H](CC(=O)O)C(=O)O)c(OCC)c2)o1)[C@@H](CC)N(C=O)OC(=O)c1ccc(F)cc1C. The Bertz CT molecular complexity index is 1860. The van der Waals surface area contributed by atoms with Crippen molar-refractivity contribution in [2.45, 2.75) is 78.3 Å². The van der Waals surface area contributed by atoms with Crippen molar-refractivity contribution >= 4 is 42.0 Å². The van der Waals surface area contributed by atoms with Gasteiger partial charge >= 0.3 is 17.9 Å². The maximum absolute atomic E-state index is 13.6. The molecule has 5 N–H and O–H groups in total. The van der Waals surface area contributed by atoms with Crippen LogP contribution >= 0.6 is 0 Å². The molecule has 0 aliphatic carbocycles. The Labute approximate surface area is 316 Å². The normalized spacial score (nSPS) is 12.4. The molecule has 16 nitrogen and oxygen atoms in total. The Morgan fingerprint density at radius 2 is 1.65 bits per heavy atom. The maximum Gasteiger partial charge on any atom is 0.363 e. The van der Waals surface area contributed by atoms with Crippen molar-refractivity contribution in [2.75, 3.05) is 13.3 Å². The maximum atomic E-state index is 13.6. The molecule has 17 heteroatoms. The van der Waals surface area contributed by atoms with E-state index in [1.807, 2.05) is 6.92 Å². The summed E-state index contributed by atoms with van der Waals surface area (Å²) in [7, 11) is 0. The van der Waals surface area contributed by atoms with E-state index in [0.717, 1.165) is 30.0 Å². The zero-order chi connectivity index (χ0) is 40.7. The van der Waals surface area contributed by atoms with E-state index < -0.39 is 65.9 Å². The molecule has 0 bridgehead atoms. The second-order valence-corrected chi connectivity index (χ2v) is 12.4. The predicted octanol–water partition coefficient (Wildman–Crippen LogP) is 4.46. The Kier molecular flexibility index (Phi) is 16.3. The van der Waals surface area contributed by atoms with Gasteiger partial charge in [-0.05, 0) is 74.7 Å². The van der Waals surface area contributed by atoms with Gasteiger partial charge in [0.2, 0.25) is 12.3 Å². The first kappa shape index (κ1) is 43.1. The molecule has 0 aliphatic rings. The highest BCUT2D eigenvalue weighted by atomic mass is 19.1. The molecule has 0 fully saturated rings. The van der Waals surface area contributed by atoms with E-state index in [1.54, 1.807) is 13.8 Å². The van der Waals surface area contributed by atoms with Crippen LogP contribution in [0.15, 0.2) is 52.9 Å². The van der Waals surface area contributed by atoms with Crippen LogP contribution in [-0.2, 0) is 24.0 Å². The van der Waals surface area contributed by atoms with Crippen LogP contribution in [-0.4, -0.2) is 82.7 Å². The average Bonchev–Trinajstić information content (AvgIpc) is 3.64. The number of ether oxygens (including phenoxy) is 1. The number of benzene rings is 2. The first-order valence-corrected chi connectivity index (χ1v) is 17.6. The molecule has 0 saturated heterocycles. The summed E-state index contributed by atoms with van der Waals surface area (Å²) in [6, 6.07) is 8.09. The largest absolute Gasteiger partial charge is 0.493 e. The van der Waals surface area contributed by atoms with Gasteiger partial charge in [0, 0.05) is 5.56 Å². The third-order valence-electron chi connectivity index (χ3n) is 8.50. The number of carboxylic acid groups (broad SMARTS) is 2. The number of carbonyl (C=O) groups is 7. The van der Waals surface area contributed by atoms with Crippen molar-refractivity contribution in [3.05, 3.63) is 76.8 Å². The molecule has 3 aromatic rings. The van der Waals surface area contributed by atoms with Crippen molar-refractivity contribution in [1.29, 1.82) is 0 Å². The number of carbonyl (C=O) groups excluding carboxylic acids is 5. The van der Waals surface area contributed by atoms with Crippen LogP contribution in [0.1, 0.15) is 96.1 Å². The third-order valence-corrected chi connectivity index (χ3v) is 8.50. The highest BCUT2D eigenvalue weighted by Crippen LogP contribution is 2.29. The summed E-state index contributed by atoms with van der Waals surface area (Å²) in [6.07, 6.45) is 2.36. The molecule has 4 amide bonds. The van der Waals surface area contributed by atoms with Gasteiger partial charge < -0.3 is 40.2 Å². The monoisotopic (exact) mass is 768 g/mol. The summed E-state index contributed by atoms with van der Waals surface area (Å²) < 4.78 is 24.9. The molecule has 3 atom stereocenters. The molecule has 1 heterocycles. The average molecular weight is 769 g/mol. The first-order valence-electron chi connectivity index (χ1n) is 17.6. The van der Waals surface area contributed by atoms with Crippen molar-refractivity contribution in [2.24, 2.45) is 5.92 Å². The van der Waals surface area contributed by atoms with Crippen molar-refractivity contribution < 1.29 is 62.2 Å². The van der Waals surface area contributed by atoms with Gasteiger partial charge in [-0.2, -0.15) is 5.06 Å². The lowest BCUT2D eigenvalue weighted by Gasteiger charge is -2.32. The Balaban J connectivity index is 1.70. The van der Waals surface area contributed by atoms with Crippen LogP contribution in [0.3, 0.4) is 0 Å². The molecule has 55 heavy (non-hydrogen) atoms. The lowest BCUT2D eigenvalue weighted by Crippen LogP contribution is -2.49. The second kappa shape index (κ2) is 20.8. The van der Waals surface area contributed by atoms with Gasteiger partial charge in [-0.15, -0.1) is 0 Å². The molecular formula is C38H45FN4O12. The standard InChI is InChI=1S/C38H45FN4O12/c1-5-8-9-10-26(29(6-2)43(21-44)55-38(52)25-14-12-24(39)17-22(25)4)34(47)40-20-41-36(49)31-16-15-30(54-31)23-11-13-27(32(18-23)53-7-3)35(48)42-28(37(50)51)19-33(45)46/h11-18,21,26,28-29H,5-10,19-20H2,1-4H3,(H,40,47)(H,41,49)(H,42,48)(H,45,46)(H,50,51)/t26-,28+,29-/m1/s1. The molecule has 0 radical (unpaired) electrons. The van der Waals surface area contributed by atoms with Crippen LogP contribution in [0, 0.1) is 18.7 Å². The summed E-state index contributed by atoms with van der Waals surface area (Å²) in [5.74, 6) is -7.12. The van der Waals surface area contributed by atoms with E-state index in [9.17, 15) is 43.1 Å². The van der Waals surface area contributed by atoms with Gasteiger partial charge in [-0.25, -0.2) is 14.0 Å². The summed E-state index contributed by atoms with van der Waals surface area (Å²) in [4.78, 5) is 92.3. The van der Waals surface area contributed by atoms with Crippen LogP contribution in [0.5, 0.6) is 5.75 Å². The molecule has 3 rings (SSSR count). The number of amides is 4. The number of halogens is 1.